The fourth-order valence-electron chi connectivity index (χ4n) is 5.02. The second kappa shape index (κ2) is 7.35. The predicted octanol–water partition coefficient (Wildman–Crippen LogP) is 6.67. The second-order valence-electron chi connectivity index (χ2n) is 8.34. The van der Waals surface area contributed by atoms with Gasteiger partial charge in [0.15, 0.2) is 17.4 Å². The number of benzene rings is 4. The van der Waals surface area contributed by atoms with Crippen molar-refractivity contribution in [3.63, 3.8) is 0 Å². The average Bonchev–Trinajstić information content (AvgIpc) is 3.32. The lowest BCUT2D eigenvalue weighted by Crippen LogP contribution is -2.40. The molecule has 1 atom stereocenters. The Morgan fingerprint density at radius 3 is 2.09 bits per heavy atom. The van der Waals surface area contributed by atoms with E-state index in [0.29, 0.717) is 0 Å². The van der Waals surface area contributed by atoms with E-state index in [2.05, 4.69) is 102 Å². The summed E-state index contributed by atoms with van der Waals surface area (Å²) in [6, 6.07) is 36.5. The Labute approximate surface area is 190 Å². The number of imidazole rings is 1. The number of fused-ring (bicyclic) bond motifs is 3. The molecule has 0 bridgehead atoms. The number of aryl methyl sites for hydroxylation is 1. The van der Waals surface area contributed by atoms with Gasteiger partial charge in [-0.05, 0) is 30.7 Å². The summed E-state index contributed by atoms with van der Waals surface area (Å²) >= 11 is 0. The Bertz CT molecular complexity index is 1490. The highest BCUT2D eigenvalue weighted by Crippen LogP contribution is 2.43. The first kappa shape index (κ1) is 17.7. The molecule has 2 heteroatoms. The first-order chi connectivity index (χ1) is 16.1. The minimum Gasteiger partial charge on any atom is -0.211 e. The topological polar surface area (TPSA) is 8.81 Å². The maximum Gasteiger partial charge on any atom is 0.295 e. The molecule has 0 fully saturated rings. The molecule has 6 rings (SSSR count). The Hall–Kier alpha value is -3.91. The van der Waals surface area contributed by atoms with Gasteiger partial charge in [0, 0.05) is 23.6 Å². The summed E-state index contributed by atoms with van der Waals surface area (Å²) in [6.07, 6.45) is 0. The fourth-order valence-corrected chi connectivity index (χ4v) is 5.02. The average molecular weight is 415 g/mol. The molecular weight excluding hydrogens is 388 g/mol. The van der Waals surface area contributed by atoms with Crippen LogP contribution < -0.4 is 4.57 Å². The summed E-state index contributed by atoms with van der Waals surface area (Å²) in [6.45, 7) is 4.33. The van der Waals surface area contributed by atoms with Crippen LogP contribution in [0.5, 0.6) is 0 Å². The zero-order valence-corrected chi connectivity index (χ0v) is 18.3. The Balaban J connectivity index is 1.81. The molecule has 1 aliphatic heterocycles. The largest absolute Gasteiger partial charge is 0.295 e. The molecule has 1 unspecified atom stereocenters. The molecule has 0 saturated carbocycles. The smallest absolute Gasteiger partial charge is 0.211 e. The summed E-state index contributed by atoms with van der Waals surface area (Å²) in [5.41, 5.74) is 8.78. The summed E-state index contributed by atoms with van der Waals surface area (Å²) < 4.78 is 14.6. The van der Waals surface area contributed by atoms with Gasteiger partial charge in [0.25, 0.3) is 5.82 Å². The van der Waals surface area contributed by atoms with E-state index in [4.69, 9.17) is 0 Å². The number of hydrogen-bond donors (Lipinski definition) is 0. The van der Waals surface area contributed by atoms with Gasteiger partial charge in [-0.1, -0.05) is 91.0 Å². The van der Waals surface area contributed by atoms with Crippen LogP contribution in [0.25, 0.3) is 28.3 Å². The Morgan fingerprint density at radius 1 is 0.719 bits per heavy atom. The van der Waals surface area contributed by atoms with Crippen LogP contribution in [0.15, 0.2) is 109 Å². The van der Waals surface area contributed by atoms with Crippen molar-refractivity contribution in [3.05, 3.63) is 132 Å². The molecule has 0 radical (unpaired) electrons. The second-order valence-corrected chi connectivity index (χ2v) is 8.34. The third-order valence-electron chi connectivity index (χ3n) is 6.42. The summed E-state index contributed by atoms with van der Waals surface area (Å²) in [5.74, 6) is 1.02. The SMILES string of the molecule is [2H]C1(c2ccccc2)c2ccccc2-c2c(C)n(-c3ccccc3C)c(-c3ccccc3)[n+]21. The van der Waals surface area contributed by atoms with Crippen LogP contribution >= 0.6 is 0 Å². The summed E-state index contributed by atoms with van der Waals surface area (Å²) in [7, 11) is 0. The van der Waals surface area contributed by atoms with E-state index < -0.39 is 6.02 Å². The van der Waals surface area contributed by atoms with Crippen LogP contribution in [0.4, 0.5) is 0 Å². The Kier molecular flexibility index (Phi) is 4.07. The molecule has 0 spiro atoms. The van der Waals surface area contributed by atoms with Gasteiger partial charge in [-0.15, -0.1) is 0 Å². The molecule has 32 heavy (non-hydrogen) atoms. The van der Waals surface area contributed by atoms with E-state index >= 15 is 0 Å². The minimum absolute atomic E-state index is 0.959. The highest BCUT2D eigenvalue weighted by molar-refractivity contribution is 5.72. The third-order valence-corrected chi connectivity index (χ3v) is 6.42. The van der Waals surface area contributed by atoms with E-state index in [0.717, 1.165) is 45.2 Å². The van der Waals surface area contributed by atoms with Crippen LogP contribution in [0, 0.1) is 13.8 Å². The number of rotatable bonds is 3. The van der Waals surface area contributed by atoms with E-state index in [-0.39, 0.29) is 0 Å². The fraction of sp³-hybridized carbons (Fsp3) is 0.100. The highest BCUT2D eigenvalue weighted by atomic mass is 15.2. The van der Waals surface area contributed by atoms with Crippen molar-refractivity contribution < 1.29 is 5.94 Å². The molecule has 0 amide bonds. The number of nitrogens with zero attached hydrogens (tertiary/aromatic N) is 2. The summed E-state index contributed by atoms with van der Waals surface area (Å²) in [4.78, 5) is 0. The molecule has 5 aromatic rings. The highest BCUT2D eigenvalue weighted by Gasteiger charge is 2.43. The maximum atomic E-state index is 10.1. The van der Waals surface area contributed by atoms with Crippen LogP contribution in [-0.4, -0.2) is 4.57 Å². The van der Waals surface area contributed by atoms with Crippen LogP contribution in [0.1, 0.15) is 29.8 Å². The van der Waals surface area contributed by atoms with Crippen molar-refractivity contribution in [2.75, 3.05) is 0 Å². The molecule has 0 saturated heterocycles. The molecule has 4 aromatic carbocycles. The van der Waals surface area contributed by atoms with Crippen molar-refractivity contribution in [2.45, 2.75) is 19.9 Å². The molecular formula is C30H25N2+. The van der Waals surface area contributed by atoms with Gasteiger partial charge >= 0.3 is 0 Å². The standard InChI is InChI=1S/C30H25N2/c1-21-13-9-12-20-27(21)31-22(2)28-25-18-10-11-19-26(25)29(23-14-5-3-6-15-23)32(28)30(31)24-16-7-4-8-17-24/h3-20,29H,1-2H3/q+1/i29D. The summed E-state index contributed by atoms with van der Waals surface area (Å²) in [5, 5.41) is 0. The van der Waals surface area contributed by atoms with Gasteiger partial charge in [0.05, 0.1) is 6.93 Å². The minimum atomic E-state index is -1.07. The van der Waals surface area contributed by atoms with Gasteiger partial charge < -0.3 is 0 Å². The van der Waals surface area contributed by atoms with Crippen LogP contribution in [-0.2, 0) is 0 Å². The zero-order valence-electron chi connectivity index (χ0n) is 19.3. The van der Waals surface area contributed by atoms with E-state index in [1.165, 1.54) is 5.56 Å². The van der Waals surface area contributed by atoms with Gasteiger partial charge in [0.2, 0.25) is 0 Å². The lowest BCUT2D eigenvalue weighted by molar-refractivity contribution is -0.677. The number of hydrogen-bond acceptors (Lipinski definition) is 0. The molecule has 2 heterocycles. The lowest BCUT2D eigenvalue weighted by Gasteiger charge is -2.15. The van der Waals surface area contributed by atoms with Crippen LogP contribution in [0.2, 0.25) is 0 Å². The van der Waals surface area contributed by atoms with Crippen molar-refractivity contribution in [1.82, 2.24) is 4.57 Å². The lowest BCUT2D eigenvalue weighted by atomic mass is 9.96. The molecule has 1 aromatic heterocycles. The van der Waals surface area contributed by atoms with Gasteiger partial charge in [0.1, 0.15) is 5.69 Å². The maximum absolute atomic E-state index is 10.1. The molecule has 0 N–H and O–H groups in total. The Morgan fingerprint density at radius 2 is 1.34 bits per heavy atom. The third kappa shape index (κ3) is 2.69. The van der Waals surface area contributed by atoms with E-state index in [9.17, 15) is 1.37 Å². The van der Waals surface area contributed by atoms with E-state index in [1.54, 1.807) is 0 Å². The molecule has 1 aliphatic rings. The molecule has 154 valence electrons. The van der Waals surface area contributed by atoms with Crippen molar-refractivity contribution >= 4 is 0 Å². The number of aromatic nitrogens is 2. The monoisotopic (exact) mass is 414 g/mol. The van der Waals surface area contributed by atoms with Crippen molar-refractivity contribution in [3.8, 4) is 28.3 Å². The van der Waals surface area contributed by atoms with E-state index in [1.807, 2.05) is 30.3 Å². The van der Waals surface area contributed by atoms with Gasteiger partial charge in [-0.3, -0.25) is 0 Å². The predicted molar refractivity (Wildman–Crippen MR) is 130 cm³/mol. The van der Waals surface area contributed by atoms with Crippen LogP contribution in [0.3, 0.4) is 0 Å². The number of para-hydroxylation sites is 1. The molecule has 0 aliphatic carbocycles. The first-order valence-corrected chi connectivity index (χ1v) is 11.1. The first-order valence-electron chi connectivity index (χ1n) is 11.6. The zero-order chi connectivity index (χ0) is 22.6. The van der Waals surface area contributed by atoms with Crippen molar-refractivity contribution in [2.24, 2.45) is 0 Å². The normalized spacial score (nSPS) is 17.0. The van der Waals surface area contributed by atoms with Gasteiger partial charge in [-0.25, -0.2) is 4.57 Å². The molecule has 2 nitrogen and oxygen atoms in total. The van der Waals surface area contributed by atoms with Gasteiger partial charge in [-0.2, -0.15) is 4.57 Å². The quantitative estimate of drug-likeness (QED) is 0.292. The van der Waals surface area contributed by atoms with Crippen molar-refractivity contribution in [1.29, 1.82) is 0 Å².